The van der Waals surface area contributed by atoms with Gasteiger partial charge >= 0.3 is 0 Å². The van der Waals surface area contributed by atoms with Crippen molar-refractivity contribution in [2.45, 2.75) is 0 Å². The Kier molecular flexibility index (Phi) is 1.98. The molecule has 14 heavy (non-hydrogen) atoms. The number of nitrogens with zero attached hydrogens (tertiary/aromatic N) is 2. The second-order valence-corrected chi connectivity index (χ2v) is 2.75. The van der Waals surface area contributed by atoms with Gasteiger partial charge in [-0.05, 0) is 18.2 Å². The fourth-order valence-corrected chi connectivity index (χ4v) is 1.13. The Morgan fingerprint density at radius 3 is 2.93 bits per heavy atom. The zero-order valence-electron chi connectivity index (χ0n) is 7.27. The minimum Gasteiger partial charge on any atom is -0.382 e. The first-order chi connectivity index (χ1) is 6.77. The van der Waals surface area contributed by atoms with Crippen molar-refractivity contribution in [3.63, 3.8) is 0 Å². The molecule has 0 aliphatic carbocycles. The van der Waals surface area contributed by atoms with Gasteiger partial charge in [0.15, 0.2) is 0 Å². The van der Waals surface area contributed by atoms with E-state index in [1.165, 1.54) is 6.07 Å². The number of nitrogens with two attached hydrogens (primary N) is 1. The number of anilines is 1. The molecule has 2 aromatic rings. The van der Waals surface area contributed by atoms with E-state index in [4.69, 9.17) is 5.73 Å². The van der Waals surface area contributed by atoms with E-state index < -0.39 is 0 Å². The van der Waals surface area contributed by atoms with Gasteiger partial charge in [-0.1, -0.05) is 6.07 Å². The number of aromatic nitrogens is 3. The molecule has 0 fully saturated rings. The van der Waals surface area contributed by atoms with Crippen LogP contribution in [-0.2, 0) is 0 Å². The van der Waals surface area contributed by atoms with Gasteiger partial charge in [-0.15, -0.1) is 0 Å². The second-order valence-electron chi connectivity index (χ2n) is 2.75. The van der Waals surface area contributed by atoms with E-state index in [-0.39, 0.29) is 11.4 Å². The lowest BCUT2D eigenvalue weighted by Crippen LogP contribution is -2.12. The molecule has 5 nitrogen and oxygen atoms in total. The monoisotopic (exact) mass is 188 g/mol. The zero-order valence-corrected chi connectivity index (χ0v) is 7.27. The largest absolute Gasteiger partial charge is 0.382 e. The molecule has 5 heteroatoms. The third-order valence-corrected chi connectivity index (χ3v) is 1.76. The van der Waals surface area contributed by atoms with E-state index in [1.54, 1.807) is 24.4 Å². The number of pyridine rings is 1. The van der Waals surface area contributed by atoms with Gasteiger partial charge in [0.25, 0.3) is 5.56 Å². The summed E-state index contributed by atoms with van der Waals surface area (Å²) >= 11 is 0. The Morgan fingerprint density at radius 1 is 1.36 bits per heavy atom. The van der Waals surface area contributed by atoms with Gasteiger partial charge in [0.05, 0.1) is 11.3 Å². The first-order valence-electron chi connectivity index (χ1n) is 4.04. The van der Waals surface area contributed by atoms with Crippen LogP contribution in [0.5, 0.6) is 0 Å². The van der Waals surface area contributed by atoms with E-state index >= 15 is 0 Å². The molecule has 0 atom stereocenters. The Bertz CT molecular complexity index is 492. The number of aromatic amines is 1. The molecule has 2 aromatic heterocycles. The summed E-state index contributed by atoms with van der Waals surface area (Å²) in [6, 6.07) is 6.83. The van der Waals surface area contributed by atoms with E-state index in [0.717, 1.165) is 0 Å². The van der Waals surface area contributed by atoms with Gasteiger partial charge in [0.1, 0.15) is 5.82 Å². The van der Waals surface area contributed by atoms with Crippen molar-refractivity contribution in [2.75, 3.05) is 5.73 Å². The molecule has 0 aromatic carbocycles. The molecular weight excluding hydrogens is 180 g/mol. The Hall–Kier alpha value is -2.17. The van der Waals surface area contributed by atoms with E-state index in [1.807, 2.05) is 0 Å². The third-order valence-electron chi connectivity index (χ3n) is 1.76. The lowest BCUT2D eigenvalue weighted by atomic mass is 10.2. The Labute approximate surface area is 79.6 Å². The van der Waals surface area contributed by atoms with Crippen LogP contribution in [-0.4, -0.2) is 15.2 Å². The SMILES string of the molecule is Nc1cc(-c2ccccn2)c(=O)[nH]n1. The van der Waals surface area contributed by atoms with Crippen molar-refractivity contribution in [1.29, 1.82) is 0 Å². The summed E-state index contributed by atoms with van der Waals surface area (Å²) in [6.07, 6.45) is 1.62. The number of hydrogen-bond acceptors (Lipinski definition) is 4. The second kappa shape index (κ2) is 3.29. The Balaban J connectivity index is 2.63. The van der Waals surface area contributed by atoms with Crippen LogP contribution in [0.1, 0.15) is 0 Å². The van der Waals surface area contributed by atoms with Crippen molar-refractivity contribution < 1.29 is 0 Å². The van der Waals surface area contributed by atoms with Crippen LogP contribution in [0.3, 0.4) is 0 Å². The summed E-state index contributed by atoms with van der Waals surface area (Å²) in [4.78, 5) is 15.4. The molecule has 0 unspecified atom stereocenters. The lowest BCUT2D eigenvalue weighted by Gasteiger charge is -1.98. The summed E-state index contributed by atoms with van der Waals surface area (Å²) in [5, 5.41) is 5.87. The normalized spacial score (nSPS) is 10.0. The van der Waals surface area contributed by atoms with Gasteiger partial charge in [0, 0.05) is 6.20 Å². The molecule has 0 saturated heterocycles. The minimum atomic E-state index is -0.294. The van der Waals surface area contributed by atoms with Crippen molar-refractivity contribution in [2.24, 2.45) is 0 Å². The van der Waals surface area contributed by atoms with E-state index in [0.29, 0.717) is 11.3 Å². The number of H-pyrrole nitrogens is 1. The van der Waals surface area contributed by atoms with E-state index in [2.05, 4.69) is 15.2 Å². The van der Waals surface area contributed by atoms with Crippen molar-refractivity contribution >= 4 is 5.82 Å². The molecule has 0 aliphatic heterocycles. The first-order valence-corrected chi connectivity index (χ1v) is 4.04. The lowest BCUT2D eigenvalue weighted by molar-refractivity contribution is 0.999. The predicted octanol–water partition coefficient (Wildman–Crippen LogP) is 0.414. The summed E-state index contributed by atoms with van der Waals surface area (Å²) in [5.41, 5.74) is 6.18. The molecule has 0 aliphatic rings. The quantitative estimate of drug-likeness (QED) is 0.679. The average Bonchev–Trinajstić information content (AvgIpc) is 2.23. The van der Waals surface area contributed by atoms with Crippen LogP contribution in [0.2, 0.25) is 0 Å². The Morgan fingerprint density at radius 2 is 2.21 bits per heavy atom. The molecule has 70 valence electrons. The summed E-state index contributed by atoms with van der Waals surface area (Å²) < 4.78 is 0. The van der Waals surface area contributed by atoms with Crippen molar-refractivity contribution in [3.8, 4) is 11.3 Å². The average molecular weight is 188 g/mol. The highest BCUT2D eigenvalue weighted by molar-refractivity contribution is 5.60. The molecule has 2 rings (SSSR count). The van der Waals surface area contributed by atoms with Crippen LogP contribution in [0.15, 0.2) is 35.3 Å². The maximum atomic E-state index is 11.4. The van der Waals surface area contributed by atoms with Crippen LogP contribution < -0.4 is 11.3 Å². The van der Waals surface area contributed by atoms with Gasteiger partial charge in [-0.25, -0.2) is 5.10 Å². The van der Waals surface area contributed by atoms with Crippen LogP contribution >= 0.6 is 0 Å². The number of nitrogen functional groups attached to an aromatic ring is 1. The predicted molar refractivity (Wildman–Crippen MR) is 52.5 cm³/mol. The molecule has 0 amide bonds. The van der Waals surface area contributed by atoms with Crippen LogP contribution in [0, 0.1) is 0 Å². The summed E-state index contributed by atoms with van der Waals surface area (Å²) in [6.45, 7) is 0. The summed E-state index contributed by atoms with van der Waals surface area (Å²) in [5.74, 6) is 0.269. The topological polar surface area (TPSA) is 84.7 Å². The van der Waals surface area contributed by atoms with Crippen molar-refractivity contribution in [3.05, 3.63) is 40.8 Å². The zero-order chi connectivity index (χ0) is 9.97. The molecule has 3 N–H and O–H groups in total. The molecule has 2 heterocycles. The van der Waals surface area contributed by atoms with Crippen LogP contribution in [0.4, 0.5) is 5.82 Å². The maximum absolute atomic E-state index is 11.4. The number of nitrogens with one attached hydrogen (secondary N) is 1. The smallest absolute Gasteiger partial charge is 0.273 e. The highest BCUT2D eigenvalue weighted by Crippen LogP contribution is 2.11. The molecule has 0 saturated carbocycles. The van der Waals surface area contributed by atoms with Gasteiger partial charge in [-0.3, -0.25) is 9.78 Å². The van der Waals surface area contributed by atoms with Gasteiger partial charge < -0.3 is 5.73 Å². The highest BCUT2D eigenvalue weighted by atomic mass is 16.1. The minimum absolute atomic E-state index is 0.269. The molecular formula is C9H8N4O. The fraction of sp³-hybridized carbons (Fsp3) is 0. The fourth-order valence-electron chi connectivity index (χ4n) is 1.13. The van der Waals surface area contributed by atoms with E-state index in [9.17, 15) is 4.79 Å². The van der Waals surface area contributed by atoms with Gasteiger partial charge in [0.2, 0.25) is 0 Å². The molecule has 0 radical (unpaired) electrons. The molecule has 0 spiro atoms. The molecule has 0 bridgehead atoms. The first kappa shape index (κ1) is 8.43. The third kappa shape index (κ3) is 1.47. The number of hydrogen-bond donors (Lipinski definition) is 2. The maximum Gasteiger partial charge on any atom is 0.273 e. The van der Waals surface area contributed by atoms with Crippen LogP contribution in [0.25, 0.3) is 11.3 Å². The van der Waals surface area contributed by atoms with Crippen molar-refractivity contribution in [1.82, 2.24) is 15.2 Å². The number of rotatable bonds is 1. The summed E-state index contributed by atoms with van der Waals surface area (Å²) in [7, 11) is 0. The highest BCUT2D eigenvalue weighted by Gasteiger charge is 2.04. The van der Waals surface area contributed by atoms with Gasteiger partial charge in [-0.2, -0.15) is 5.10 Å². The standard InChI is InChI=1S/C9H8N4O/c10-8-5-6(9(14)13-12-8)7-3-1-2-4-11-7/h1-5H,(H2,10,12)(H,13,14).